The Hall–Kier alpha value is -3.46. The summed E-state index contributed by atoms with van der Waals surface area (Å²) >= 11 is 0.810. The molecule has 0 bridgehead atoms. The highest BCUT2D eigenvalue weighted by Gasteiger charge is 2.36. The number of hydrogen-bond donors (Lipinski definition) is 1. The highest BCUT2D eigenvalue weighted by atomic mass is 32.2. The Kier molecular flexibility index (Phi) is 6.13. The van der Waals surface area contributed by atoms with Crippen LogP contribution in [0.2, 0.25) is 0 Å². The maximum absolute atomic E-state index is 12.6. The molecule has 2 aromatic rings. The van der Waals surface area contributed by atoms with Crippen molar-refractivity contribution in [1.29, 1.82) is 0 Å². The van der Waals surface area contributed by atoms with Crippen molar-refractivity contribution in [3.8, 4) is 17.2 Å². The molecule has 0 spiro atoms. The van der Waals surface area contributed by atoms with Crippen molar-refractivity contribution in [1.82, 2.24) is 4.90 Å². The van der Waals surface area contributed by atoms with Gasteiger partial charge in [-0.05, 0) is 54.1 Å². The zero-order valence-electron chi connectivity index (χ0n) is 16.8. The van der Waals surface area contributed by atoms with E-state index in [1.54, 1.807) is 24.3 Å². The second kappa shape index (κ2) is 9.13. The molecule has 2 aliphatic rings. The second-order valence-electron chi connectivity index (χ2n) is 6.80. The number of nitrogens with one attached hydrogen (secondary N) is 1. The van der Waals surface area contributed by atoms with E-state index in [2.05, 4.69) is 5.32 Å². The normalized spacial score (nSPS) is 16.2. The Bertz CT molecular complexity index is 1050. The molecule has 31 heavy (non-hydrogen) atoms. The number of thioether (sulfide) groups is 1. The number of carbonyl (C=O) groups is 3. The maximum atomic E-state index is 12.6. The minimum Gasteiger partial charge on any atom is -0.494 e. The first-order chi connectivity index (χ1) is 15.0. The lowest BCUT2D eigenvalue weighted by Gasteiger charge is -2.12. The van der Waals surface area contributed by atoms with Crippen molar-refractivity contribution in [2.45, 2.75) is 13.3 Å². The minimum atomic E-state index is -0.498. The van der Waals surface area contributed by atoms with E-state index in [9.17, 15) is 14.4 Å². The van der Waals surface area contributed by atoms with Crippen LogP contribution >= 0.6 is 11.8 Å². The van der Waals surface area contributed by atoms with Crippen LogP contribution in [0.4, 0.5) is 10.5 Å². The van der Waals surface area contributed by atoms with E-state index < -0.39 is 17.1 Å². The summed E-state index contributed by atoms with van der Waals surface area (Å²) in [5, 5.41) is 2.18. The first kappa shape index (κ1) is 20.8. The van der Waals surface area contributed by atoms with Crippen LogP contribution < -0.4 is 19.5 Å². The topological polar surface area (TPSA) is 94.2 Å². The van der Waals surface area contributed by atoms with Crippen molar-refractivity contribution < 1.29 is 28.6 Å². The Balaban J connectivity index is 1.38. The van der Waals surface area contributed by atoms with E-state index in [4.69, 9.17) is 14.2 Å². The first-order valence-corrected chi connectivity index (χ1v) is 10.5. The molecule has 2 aliphatic heterocycles. The summed E-state index contributed by atoms with van der Waals surface area (Å²) < 4.78 is 16.0. The molecule has 9 heteroatoms. The largest absolute Gasteiger partial charge is 0.494 e. The van der Waals surface area contributed by atoms with E-state index in [1.165, 1.54) is 0 Å². The predicted octanol–water partition coefficient (Wildman–Crippen LogP) is 3.88. The molecule has 2 heterocycles. The molecule has 0 unspecified atom stereocenters. The second-order valence-corrected chi connectivity index (χ2v) is 7.79. The Labute approximate surface area is 183 Å². The van der Waals surface area contributed by atoms with Crippen LogP contribution in [0, 0.1) is 0 Å². The van der Waals surface area contributed by atoms with Gasteiger partial charge in [-0.15, -0.1) is 0 Å². The van der Waals surface area contributed by atoms with E-state index in [0.29, 0.717) is 23.8 Å². The van der Waals surface area contributed by atoms with Crippen LogP contribution in [0.15, 0.2) is 47.4 Å². The lowest BCUT2D eigenvalue weighted by molar-refractivity contribution is -0.127. The molecule has 1 fully saturated rings. The van der Waals surface area contributed by atoms with Crippen LogP contribution in [0.1, 0.15) is 18.9 Å². The van der Waals surface area contributed by atoms with E-state index in [-0.39, 0.29) is 18.2 Å². The maximum Gasteiger partial charge on any atom is 0.294 e. The van der Waals surface area contributed by atoms with Crippen LogP contribution in [0.3, 0.4) is 0 Å². The Morgan fingerprint density at radius 1 is 1.16 bits per heavy atom. The molecule has 3 amide bonds. The third-order valence-corrected chi connectivity index (χ3v) is 5.39. The number of fused-ring (bicyclic) bond motifs is 1. The van der Waals surface area contributed by atoms with Crippen LogP contribution in [-0.2, 0) is 9.59 Å². The van der Waals surface area contributed by atoms with Crippen molar-refractivity contribution >= 4 is 40.6 Å². The van der Waals surface area contributed by atoms with Gasteiger partial charge in [-0.3, -0.25) is 19.3 Å². The fraction of sp³-hybridized carbons (Fsp3) is 0.227. The van der Waals surface area contributed by atoms with Crippen molar-refractivity contribution in [2.24, 2.45) is 0 Å². The monoisotopic (exact) mass is 440 g/mol. The first-order valence-electron chi connectivity index (χ1n) is 9.71. The van der Waals surface area contributed by atoms with Gasteiger partial charge in [0.1, 0.15) is 12.3 Å². The van der Waals surface area contributed by atoms with Crippen molar-refractivity contribution in [3.05, 3.63) is 52.9 Å². The molecule has 2 aromatic carbocycles. The number of benzene rings is 2. The highest BCUT2D eigenvalue weighted by molar-refractivity contribution is 8.18. The van der Waals surface area contributed by atoms with Gasteiger partial charge in [0.25, 0.3) is 11.1 Å². The third kappa shape index (κ3) is 4.83. The third-order valence-electron chi connectivity index (χ3n) is 4.48. The van der Waals surface area contributed by atoms with Crippen LogP contribution in [0.5, 0.6) is 17.2 Å². The molecular weight excluding hydrogens is 420 g/mol. The number of anilines is 1. The van der Waals surface area contributed by atoms with E-state index in [0.717, 1.165) is 34.4 Å². The summed E-state index contributed by atoms with van der Waals surface area (Å²) in [6, 6.07) is 12.2. The van der Waals surface area contributed by atoms with E-state index in [1.807, 2.05) is 31.2 Å². The average molecular weight is 440 g/mol. The molecule has 0 saturated carbocycles. The fourth-order valence-electron chi connectivity index (χ4n) is 2.99. The van der Waals surface area contributed by atoms with Gasteiger partial charge < -0.3 is 19.5 Å². The number of nitrogens with zero attached hydrogens (tertiary/aromatic N) is 1. The molecule has 0 atom stereocenters. The van der Waals surface area contributed by atoms with Gasteiger partial charge in [-0.2, -0.15) is 0 Å². The minimum absolute atomic E-state index is 0.129. The van der Waals surface area contributed by atoms with Gasteiger partial charge >= 0.3 is 0 Å². The van der Waals surface area contributed by atoms with Crippen LogP contribution in [-0.4, -0.2) is 41.9 Å². The van der Waals surface area contributed by atoms with Crippen LogP contribution in [0.25, 0.3) is 6.08 Å². The Morgan fingerprint density at radius 3 is 2.71 bits per heavy atom. The van der Waals surface area contributed by atoms with E-state index >= 15 is 0 Å². The van der Waals surface area contributed by atoms with Gasteiger partial charge in [0.2, 0.25) is 12.7 Å². The van der Waals surface area contributed by atoms with Gasteiger partial charge in [-0.1, -0.05) is 19.1 Å². The summed E-state index contributed by atoms with van der Waals surface area (Å²) in [6.45, 7) is 2.41. The summed E-state index contributed by atoms with van der Waals surface area (Å²) in [6.07, 6.45) is 2.54. The number of carbonyl (C=O) groups excluding carboxylic acids is 3. The number of ether oxygens (including phenoxy) is 3. The van der Waals surface area contributed by atoms with Gasteiger partial charge in [0.15, 0.2) is 11.5 Å². The number of imide groups is 1. The molecule has 0 aliphatic carbocycles. The smallest absolute Gasteiger partial charge is 0.294 e. The summed E-state index contributed by atoms with van der Waals surface area (Å²) in [5.41, 5.74) is 1.25. The van der Waals surface area contributed by atoms with Crippen molar-refractivity contribution in [3.63, 3.8) is 0 Å². The molecule has 4 rings (SSSR count). The number of rotatable bonds is 7. The summed E-state index contributed by atoms with van der Waals surface area (Å²) in [7, 11) is 0. The molecule has 0 aromatic heterocycles. The quantitative estimate of drug-likeness (QED) is 0.653. The number of hydrogen-bond acceptors (Lipinski definition) is 7. The lowest BCUT2D eigenvalue weighted by atomic mass is 10.2. The molecule has 1 saturated heterocycles. The SMILES string of the molecule is CCCOc1ccc(/C=C2\SC(=O)N(CC(=O)Nc3ccc4c(c3)OCO4)C2=O)cc1. The summed E-state index contributed by atoms with van der Waals surface area (Å²) in [5.74, 6) is 0.881. The van der Waals surface area contributed by atoms with Gasteiger partial charge in [-0.25, -0.2) is 0 Å². The molecular formula is C22H20N2O6S. The fourth-order valence-corrected chi connectivity index (χ4v) is 3.82. The molecule has 1 N–H and O–H groups in total. The van der Waals surface area contributed by atoms with Gasteiger partial charge in [0.05, 0.1) is 11.5 Å². The molecule has 8 nitrogen and oxygen atoms in total. The molecule has 0 radical (unpaired) electrons. The zero-order chi connectivity index (χ0) is 21.8. The zero-order valence-corrected chi connectivity index (χ0v) is 17.6. The standard InChI is InChI=1S/C22H20N2O6S/c1-2-9-28-16-6-3-14(4-7-16)10-19-21(26)24(22(27)31-19)12-20(25)23-15-5-8-17-18(11-15)30-13-29-17/h3-8,10-11H,2,9,12-13H2,1H3,(H,23,25)/b19-10-. The number of amides is 3. The van der Waals surface area contributed by atoms with Gasteiger partial charge in [0, 0.05) is 11.8 Å². The summed E-state index contributed by atoms with van der Waals surface area (Å²) in [4.78, 5) is 38.5. The lowest BCUT2D eigenvalue weighted by Crippen LogP contribution is -2.36. The van der Waals surface area contributed by atoms with Crippen molar-refractivity contribution in [2.75, 3.05) is 25.3 Å². The highest BCUT2D eigenvalue weighted by Crippen LogP contribution is 2.35. The molecule has 160 valence electrons. The predicted molar refractivity (Wildman–Crippen MR) is 116 cm³/mol. The Morgan fingerprint density at radius 2 is 1.94 bits per heavy atom. The average Bonchev–Trinajstić information content (AvgIpc) is 3.33.